The van der Waals surface area contributed by atoms with E-state index in [2.05, 4.69) is 9.88 Å². The van der Waals surface area contributed by atoms with Crippen molar-refractivity contribution in [1.82, 2.24) is 23.7 Å². The molecule has 0 radical (unpaired) electrons. The van der Waals surface area contributed by atoms with Gasteiger partial charge < -0.3 is 9.80 Å². The summed E-state index contributed by atoms with van der Waals surface area (Å²) in [6.07, 6.45) is 2.49. The molecule has 1 aromatic heterocycles. The van der Waals surface area contributed by atoms with Gasteiger partial charge in [0.05, 0.1) is 17.9 Å². The van der Waals surface area contributed by atoms with Gasteiger partial charge in [-0.3, -0.25) is 9.36 Å². The number of nitrogens with zero attached hydrogens (tertiary/aromatic N) is 5. The summed E-state index contributed by atoms with van der Waals surface area (Å²) in [5.74, 6) is -0.133. The second kappa shape index (κ2) is 6.98. The largest absolute Gasteiger partial charge is 0.336 e. The van der Waals surface area contributed by atoms with Crippen LogP contribution in [0.2, 0.25) is 0 Å². The number of benzene rings is 1. The van der Waals surface area contributed by atoms with Crippen LogP contribution in [-0.2, 0) is 16.6 Å². The van der Waals surface area contributed by atoms with Crippen molar-refractivity contribution in [3.8, 4) is 5.69 Å². The minimum Gasteiger partial charge on any atom is -0.336 e. The van der Waals surface area contributed by atoms with E-state index in [9.17, 15) is 13.2 Å². The highest BCUT2D eigenvalue weighted by molar-refractivity contribution is 7.89. The van der Waals surface area contributed by atoms with E-state index in [1.165, 1.54) is 4.31 Å². The summed E-state index contributed by atoms with van der Waals surface area (Å²) in [6, 6.07) is 7.20. The number of hydrogen-bond donors (Lipinski definition) is 0. The maximum absolute atomic E-state index is 13.2. The lowest BCUT2D eigenvalue weighted by molar-refractivity contribution is 0.0776. The van der Waals surface area contributed by atoms with Crippen molar-refractivity contribution >= 4 is 15.9 Å². The van der Waals surface area contributed by atoms with Crippen molar-refractivity contribution < 1.29 is 13.2 Å². The van der Waals surface area contributed by atoms with Crippen LogP contribution in [0, 0.1) is 0 Å². The molecule has 1 unspecified atom stereocenters. The van der Waals surface area contributed by atoms with Crippen LogP contribution in [0.5, 0.6) is 0 Å². The van der Waals surface area contributed by atoms with E-state index in [0.29, 0.717) is 42.8 Å². The van der Waals surface area contributed by atoms with Gasteiger partial charge in [-0.05, 0) is 32.6 Å². The normalized spacial score (nSPS) is 21.4. The molecular weight excluding hydrogens is 378 g/mol. The van der Waals surface area contributed by atoms with Gasteiger partial charge in [0.2, 0.25) is 10.0 Å². The molecule has 9 heteroatoms. The van der Waals surface area contributed by atoms with Gasteiger partial charge in [0, 0.05) is 25.7 Å². The quantitative estimate of drug-likeness (QED) is 0.769. The van der Waals surface area contributed by atoms with Crippen molar-refractivity contribution in [3.05, 3.63) is 42.0 Å². The maximum atomic E-state index is 13.2. The number of carbonyl (C=O) groups excluding carboxylic acids is 1. The first-order valence-electron chi connectivity index (χ1n) is 9.46. The standard InChI is InChI=1S/C19H25N5O3S/c1-4-23-12-16-18(19(25)22-10-9-14(11-22)21(2)3)20-13-24(16)15-7-5-6-8-17(15)28(23,26)27/h5-8,13-14H,4,9-12H2,1-3H3. The molecule has 0 bridgehead atoms. The fraction of sp³-hybridized carbons (Fsp3) is 0.474. The summed E-state index contributed by atoms with van der Waals surface area (Å²) in [6.45, 7) is 3.59. The molecule has 28 heavy (non-hydrogen) atoms. The Kier molecular flexibility index (Phi) is 4.76. The lowest BCUT2D eigenvalue weighted by Crippen LogP contribution is -2.35. The molecule has 1 saturated heterocycles. The highest BCUT2D eigenvalue weighted by Gasteiger charge is 2.36. The predicted molar refractivity (Wildman–Crippen MR) is 105 cm³/mol. The van der Waals surface area contributed by atoms with Gasteiger partial charge in [0.15, 0.2) is 5.69 Å². The minimum atomic E-state index is -3.64. The Balaban J connectivity index is 1.77. The number of para-hydroxylation sites is 1. The second-order valence-corrected chi connectivity index (χ2v) is 9.37. The minimum absolute atomic E-state index is 0.125. The van der Waals surface area contributed by atoms with Crippen LogP contribution in [-0.4, -0.2) is 77.8 Å². The van der Waals surface area contributed by atoms with Gasteiger partial charge in [0.1, 0.15) is 11.2 Å². The Hall–Kier alpha value is -2.23. The summed E-state index contributed by atoms with van der Waals surface area (Å²) >= 11 is 0. The summed E-state index contributed by atoms with van der Waals surface area (Å²) in [4.78, 5) is 21.8. The third-order valence-electron chi connectivity index (χ3n) is 5.67. The molecule has 2 aliphatic heterocycles. The SMILES string of the molecule is CCN1Cc2c(C(=O)N3CCC(N(C)C)C3)ncn2-c2ccccc2S1(=O)=O. The first-order valence-corrected chi connectivity index (χ1v) is 10.9. The van der Waals surface area contributed by atoms with Crippen LogP contribution < -0.4 is 0 Å². The topological polar surface area (TPSA) is 78.8 Å². The van der Waals surface area contributed by atoms with Crippen LogP contribution >= 0.6 is 0 Å². The first-order chi connectivity index (χ1) is 13.3. The van der Waals surface area contributed by atoms with Crippen LogP contribution in [0.25, 0.3) is 5.69 Å². The van der Waals surface area contributed by atoms with E-state index >= 15 is 0 Å². The fourth-order valence-electron chi connectivity index (χ4n) is 3.96. The van der Waals surface area contributed by atoms with Gasteiger partial charge in [-0.25, -0.2) is 13.4 Å². The molecule has 3 heterocycles. The van der Waals surface area contributed by atoms with E-state index < -0.39 is 10.0 Å². The molecule has 8 nitrogen and oxygen atoms in total. The number of likely N-dealkylation sites (N-methyl/N-ethyl adjacent to an activating group) is 1. The van der Waals surface area contributed by atoms with Crippen molar-refractivity contribution in [2.45, 2.75) is 30.8 Å². The Morgan fingerprint density at radius 1 is 1.29 bits per heavy atom. The fourth-order valence-corrected chi connectivity index (χ4v) is 5.55. The molecule has 150 valence electrons. The van der Waals surface area contributed by atoms with Gasteiger partial charge in [-0.15, -0.1) is 0 Å². The van der Waals surface area contributed by atoms with E-state index in [1.54, 1.807) is 42.1 Å². The number of hydrogen-bond acceptors (Lipinski definition) is 5. The number of likely N-dealkylation sites (tertiary alicyclic amines) is 1. The van der Waals surface area contributed by atoms with Gasteiger partial charge in [-0.1, -0.05) is 19.1 Å². The van der Waals surface area contributed by atoms with Crippen LogP contribution in [0.15, 0.2) is 35.5 Å². The van der Waals surface area contributed by atoms with Crippen LogP contribution in [0.3, 0.4) is 0 Å². The number of aromatic nitrogens is 2. The Morgan fingerprint density at radius 2 is 2.04 bits per heavy atom. The van der Waals surface area contributed by atoms with Crippen LogP contribution in [0.4, 0.5) is 0 Å². The zero-order valence-corrected chi connectivity index (χ0v) is 17.2. The summed E-state index contributed by atoms with van der Waals surface area (Å²) in [5, 5.41) is 0. The smallest absolute Gasteiger partial charge is 0.274 e. The lowest BCUT2D eigenvalue weighted by atomic mass is 10.2. The molecule has 1 aromatic carbocycles. The van der Waals surface area contributed by atoms with Crippen LogP contribution in [0.1, 0.15) is 29.5 Å². The zero-order valence-electron chi connectivity index (χ0n) is 16.4. The molecule has 0 saturated carbocycles. The summed E-state index contributed by atoms with van der Waals surface area (Å²) in [7, 11) is 0.397. The van der Waals surface area contributed by atoms with Crippen molar-refractivity contribution in [1.29, 1.82) is 0 Å². The second-order valence-electron chi connectivity index (χ2n) is 7.47. The Labute approximate surface area is 165 Å². The number of sulfonamides is 1. The van der Waals surface area contributed by atoms with Gasteiger partial charge in [-0.2, -0.15) is 4.31 Å². The van der Waals surface area contributed by atoms with E-state index in [4.69, 9.17) is 0 Å². The Morgan fingerprint density at radius 3 is 2.71 bits per heavy atom. The average Bonchev–Trinajstić information content (AvgIpc) is 3.31. The van der Waals surface area contributed by atoms with E-state index in [-0.39, 0.29) is 17.3 Å². The molecule has 1 amide bonds. The molecule has 0 aliphatic carbocycles. The zero-order chi connectivity index (χ0) is 20.1. The van der Waals surface area contributed by atoms with Crippen molar-refractivity contribution in [3.63, 3.8) is 0 Å². The number of carbonyl (C=O) groups is 1. The Bertz CT molecular complexity index is 1010. The number of amides is 1. The molecule has 1 atom stereocenters. The third-order valence-corrected chi connectivity index (χ3v) is 7.64. The summed E-state index contributed by atoms with van der Waals surface area (Å²) in [5.41, 5.74) is 1.49. The molecule has 1 fully saturated rings. The van der Waals surface area contributed by atoms with E-state index in [1.807, 2.05) is 19.0 Å². The predicted octanol–water partition coefficient (Wildman–Crippen LogP) is 1.17. The van der Waals surface area contributed by atoms with E-state index in [0.717, 1.165) is 6.42 Å². The van der Waals surface area contributed by atoms with Gasteiger partial charge >= 0.3 is 0 Å². The highest BCUT2D eigenvalue weighted by atomic mass is 32.2. The molecule has 0 N–H and O–H groups in total. The number of fused-ring (bicyclic) bond motifs is 3. The highest BCUT2D eigenvalue weighted by Crippen LogP contribution is 2.31. The molecule has 2 aliphatic rings. The van der Waals surface area contributed by atoms with Crippen molar-refractivity contribution in [2.75, 3.05) is 33.7 Å². The monoisotopic (exact) mass is 403 g/mol. The van der Waals surface area contributed by atoms with Crippen molar-refractivity contribution in [2.24, 2.45) is 0 Å². The maximum Gasteiger partial charge on any atom is 0.274 e. The average molecular weight is 404 g/mol. The molecular formula is C19H25N5O3S. The molecule has 2 aromatic rings. The molecule has 4 rings (SSSR count). The number of rotatable bonds is 3. The van der Waals surface area contributed by atoms with Gasteiger partial charge in [0.25, 0.3) is 5.91 Å². The first kappa shape index (κ1) is 19.1. The number of imidazole rings is 1. The lowest BCUT2D eigenvalue weighted by Gasteiger charge is -2.21. The molecule has 0 spiro atoms. The summed E-state index contributed by atoms with van der Waals surface area (Å²) < 4.78 is 29.3. The third kappa shape index (κ3) is 2.94.